The smallest absolute Gasteiger partial charge is 0.346 e. The van der Waals surface area contributed by atoms with Gasteiger partial charge in [-0.2, -0.15) is 0 Å². The molecule has 0 saturated carbocycles. The van der Waals surface area contributed by atoms with Gasteiger partial charge in [0.05, 0.1) is 17.1 Å². The van der Waals surface area contributed by atoms with E-state index in [0.29, 0.717) is 10.7 Å². The summed E-state index contributed by atoms with van der Waals surface area (Å²) in [6.45, 7) is -0.308. The first-order valence-corrected chi connectivity index (χ1v) is 8.48. The monoisotopic (exact) mass is 353 g/mol. The molecule has 0 unspecified atom stereocenters. The second-order valence-electron chi connectivity index (χ2n) is 4.90. The van der Waals surface area contributed by atoms with Gasteiger partial charge in [-0.25, -0.2) is 13.2 Å². The van der Waals surface area contributed by atoms with E-state index in [1.54, 1.807) is 18.2 Å². The van der Waals surface area contributed by atoms with Crippen LogP contribution in [0.1, 0.15) is 0 Å². The predicted octanol–water partition coefficient (Wildman–Crippen LogP) is 2.38. The number of carboxylic acids is 1. The van der Waals surface area contributed by atoms with Gasteiger partial charge in [-0.3, -0.25) is 4.31 Å². The molecule has 2 aromatic rings. The summed E-state index contributed by atoms with van der Waals surface area (Å²) in [7, 11) is -3.93. The van der Waals surface area contributed by atoms with Crippen LogP contribution in [0.3, 0.4) is 0 Å². The van der Waals surface area contributed by atoms with Crippen molar-refractivity contribution in [3.63, 3.8) is 0 Å². The number of aliphatic carboxylic acids is 1. The third-order valence-electron chi connectivity index (χ3n) is 3.41. The van der Waals surface area contributed by atoms with Gasteiger partial charge in [-0.05, 0) is 36.4 Å². The zero-order chi connectivity index (χ0) is 16.6. The molecule has 1 atom stereocenters. The van der Waals surface area contributed by atoms with Crippen LogP contribution in [0.15, 0.2) is 53.4 Å². The third kappa shape index (κ3) is 2.85. The average Bonchev–Trinajstić information content (AvgIpc) is 2.54. The molecule has 3 rings (SSSR count). The number of ether oxygens (including phenoxy) is 1. The van der Waals surface area contributed by atoms with Crippen LogP contribution in [0.25, 0.3) is 0 Å². The Hall–Kier alpha value is -2.25. The fourth-order valence-corrected chi connectivity index (χ4v) is 3.89. The Morgan fingerprint density at radius 3 is 2.48 bits per heavy atom. The molecule has 0 spiro atoms. The van der Waals surface area contributed by atoms with Crippen LogP contribution >= 0.6 is 11.6 Å². The normalized spacial score (nSPS) is 17.3. The SMILES string of the molecule is O=C(O)[C@H]1CN(S(=O)(=O)c2ccc(Cl)cc2)c2ccccc2O1. The Bertz CT molecular complexity index is 850. The molecule has 1 aliphatic rings. The van der Waals surface area contributed by atoms with Gasteiger partial charge >= 0.3 is 5.97 Å². The largest absolute Gasteiger partial charge is 0.478 e. The number of rotatable bonds is 3. The maximum atomic E-state index is 12.9. The van der Waals surface area contributed by atoms with Gasteiger partial charge in [0.25, 0.3) is 10.0 Å². The molecule has 23 heavy (non-hydrogen) atoms. The van der Waals surface area contributed by atoms with Crippen molar-refractivity contribution in [3.8, 4) is 5.75 Å². The van der Waals surface area contributed by atoms with E-state index in [2.05, 4.69) is 0 Å². The Labute approximate surface area is 137 Å². The predicted molar refractivity (Wildman–Crippen MR) is 84.5 cm³/mol. The van der Waals surface area contributed by atoms with Gasteiger partial charge in [0.15, 0.2) is 0 Å². The van der Waals surface area contributed by atoms with Crippen molar-refractivity contribution in [3.05, 3.63) is 53.6 Å². The first-order valence-electron chi connectivity index (χ1n) is 6.66. The molecule has 120 valence electrons. The lowest BCUT2D eigenvalue weighted by Crippen LogP contribution is -2.47. The molecule has 0 aliphatic carbocycles. The molecule has 0 amide bonds. The number of hydrogen-bond acceptors (Lipinski definition) is 4. The van der Waals surface area contributed by atoms with Gasteiger partial charge in [0, 0.05) is 5.02 Å². The van der Waals surface area contributed by atoms with Crippen LogP contribution in [0.4, 0.5) is 5.69 Å². The maximum Gasteiger partial charge on any atom is 0.346 e. The summed E-state index contributed by atoms with van der Waals surface area (Å²) in [5.74, 6) is -1.01. The Morgan fingerprint density at radius 1 is 1.17 bits per heavy atom. The van der Waals surface area contributed by atoms with Gasteiger partial charge in [-0.1, -0.05) is 23.7 Å². The number of hydrogen-bond donors (Lipinski definition) is 1. The van der Waals surface area contributed by atoms with E-state index in [1.807, 2.05) is 0 Å². The fourth-order valence-electron chi connectivity index (χ4n) is 2.29. The van der Waals surface area contributed by atoms with E-state index >= 15 is 0 Å². The topological polar surface area (TPSA) is 83.9 Å². The number of carboxylic acid groups (broad SMARTS) is 1. The number of benzene rings is 2. The summed E-state index contributed by atoms with van der Waals surface area (Å²) in [5, 5.41) is 9.60. The van der Waals surface area contributed by atoms with Gasteiger partial charge in [-0.15, -0.1) is 0 Å². The van der Waals surface area contributed by atoms with Crippen LogP contribution in [-0.2, 0) is 14.8 Å². The van der Waals surface area contributed by atoms with E-state index in [4.69, 9.17) is 16.3 Å². The summed E-state index contributed by atoms with van der Waals surface area (Å²) in [4.78, 5) is 11.3. The molecule has 0 fully saturated rings. The Morgan fingerprint density at radius 2 is 1.83 bits per heavy atom. The molecule has 0 radical (unpaired) electrons. The van der Waals surface area contributed by atoms with Crippen molar-refractivity contribution < 1.29 is 23.1 Å². The summed E-state index contributed by atoms with van der Waals surface area (Å²) < 4.78 is 32.1. The lowest BCUT2D eigenvalue weighted by molar-refractivity contribution is -0.144. The maximum absolute atomic E-state index is 12.9. The van der Waals surface area contributed by atoms with Crippen LogP contribution in [0, 0.1) is 0 Å². The number of halogens is 1. The second kappa shape index (κ2) is 5.75. The zero-order valence-electron chi connectivity index (χ0n) is 11.7. The van der Waals surface area contributed by atoms with Crippen molar-refractivity contribution >= 4 is 33.3 Å². The lowest BCUT2D eigenvalue weighted by atomic mass is 10.2. The van der Waals surface area contributed by atoms with Crippen molar-refractivity contribution in [2.24, 2.45) is 0 Å². The number of sulfonamides is 1. The minimum absolute atomic E-state index is 0.0303. The number of para-hydroxylation sites is 2. The van der Waals surface area contributed by atoms with E-state index in [1.165, 1.54) is 30.3 Å². The van der Waals surface area contributed by atoms with Crippen LogP contribution in [0.2, 0.25) is 5.02 Å². The van der Waals surface area contributed by atoms with Crippen LogP contribution in [-0.4, -0.2) is 32.1 Å². The van der Waals surface area contributed by atoms with Crippen LogP contribution in [0.5, 0.6) is 5.75 Å². The lowest BCUT2D eigenvalue weighted by Gasteiger charge is -2.33. The molecule has 6 nitrogen and oxygen atoms in total. The number of nitrogens with zero attached hydrogens (tertiary/aromatic N) is 1. The summed E-state index contributed by atoms with van der Waals surface area (Å²) in [6, 6.07) is 12.1. The first kappa shape index (κ1) is 15.6. The van der Waals surface area contributed by atoms with E-state index < -0.39 is 22.1 Å². The number of carbonyl (C=O) groups is 1. The second-order valence-corrected chi connectivity index (χ2v) is 7.20. The number of fused-ring (bicyclic) bond motifs is 1. The van der Waals surface area contributed by atoms with Crippen molar-refractivity contribution in [1.82, 2.24) is 0 Å². The number of anilines is 1. The van der Waals surface area contributed by atoms with Gasteiger partial charge < -0.3 is 9.84 Å². The summed E-state index contributed by atoms with van der Waals surface area (Å²) in [5.41, 5.74) is 0.306. The van der Waals surface area contributed by atoms with E-state index in [-0.39, 0.29) is 17.2 Å². The van der Waals surface area contributed by atoms with Gasteiger partial charge in [0.1, 0.15) is 5.75 Å². The highest BCUT2D eigenvalue weighted by molar-refractivity contribution is 7.92. The standard InChI is InChI=1S/C15H12ClNO5S/c16-10-5-7-11(8-6-10)23(20,21)17-9-14(15(18)19)22-13-4-2-1-3-12(13)17/h1-8,14H,9H2,(H,18,19)/t14-/m1/s1. The van der Waals surface area contributed by atoms with Crippen molar-refractivity contribution in [2.45, 2.75) is 11.0 Å². The summed E-state index contributed by atoms with van der Waals surface area (Å²) in [6.07, 6.45) is -1.27. The summed E-state index contributed by atoms with van der Waals surface area (Å²) >= 11 is 5.79. The molecular weight excluding hydrogens is 342 g/mol. The Balaban J connectivity index is 2.10. The highest BCUT2D eigenvalue weighted by atomic mass is 35.5. The van der Waals surface area contributed by atoms with Crippen LogP contribution < -0.4 is 9.04 Å². The average molecular weight is 354 g/mol. The minimum Gasteiger partial charge on any atom is -0.478 e. The highest BCUT2D eigenvalue weighted by Crippen LogP contribution is 2.36. The highest BCUT2D eigenvalue weighted by Gasteiger charge is 2.37. The van der Waals surface area contributed by atoms with Gasteiger partial charge in [0.2, 0.25) is 6.10 Å². The minimum atomic E-state index is -3.93. The third-order valence-corrected chi connectivity index (χ3v) is 5.46. The molecule has 0 bridgehead atoms. The quantitative estimate of drug-likeness (QED) is 0.915. The molecule has 8 heteroatoms. The molecule has 1 N–H and O–H groups in total. The molecule has 0 aromatic heterocycles. The molecule has 2 aromatic carbocycles. The van der Waals surface area contributed by atoms with E-state index in [9.17, 15) is 18.3 Å². The first-order chi connectivity index (χ1) is 10.9. The zero-order valence-corrected chi connectivity index (χ0v) is 13.3. The molecular formula is C15H12ClNO5S. The fraction of sp³-hybridized carbons (Fsp3) is 0.133. The molecule has 1 aliphatic heterocycles. The van der Waals surface area contributed by atoms with Crippen molar-refractivity contribution in [2.75, 3.05) is 10.8 Å². The van der Waals surface area contributed by atoms with E-state index in [0.717, 1.165) is 4.31 Å². The molecule has 1 heterocycles. The Kier molecular flexibility index (Phi) is 3.91. The van der Waals surface area contributed by atoms with Crippen molar-refractivity contribution in [1.29, 1.82) is 0 Å². The molecule has 0 saturated heterocycles.